The first-order chi connectivity index (χ1) is 15.1. The number of para-hydroxylation sites is 2. The summed E-state index contributed by atoms with van der Waals surface area (Å²) >= 11 is 6.52. The van der Waals surface area contributed by atoms with Gasteiger partial charge in [0.05, 0.1) is 34.4 Å². The van der Waals surface area contributed by atoms with Crippen LogP contribution < -0.4 is 4.74 Å². The van der Waals surface area contributed by atoms with Gasteiger partial charge in [0.1, 0.15) is 11.6 Å². The average Bonchev–Trinajstić information content (AvgIpc) is 3.48. The van der Waals surface area contributed by atoms with Crippen molar-refractivity contribution in [3.05, 3.63) is 77.3 Å². The second kappa shape index (κ2) is 8.12. The van der Waals surface area contributed by atoms with E-state index in [1.165, 1.54) is 0 Å². The van der Waals surface area contributed by atoms with Gasteiger partial charge in [-0.25, -0.2) is 4.98 Å². The van der Waals surface area contributed by atoms with Gasteiger partial charge in [-0.05, 0) is 43.2 Å². The number of halogens is 1. The van der Waals surface area contributed by atoms with Crippen molar-refractivity contribution in [2.24, 2.45) is 0 Å². The summed E-state index contributed by atoms with van der Waals surface area (Å²) in [6.45, 7) is 1.33. The molecule has 1 amide bonds. The number of hydrogen-bond donors (Lipinski definition) is 1. The number of nitrogens with zero attached hydrogens (tertiary/aromatic N) is 3. The van der Waals surface area contributed by atoms with Crippen LogP contribution in [0.3, 0.4) is 0 Å². The number of nitrogens with one attached hydrogen (secondary N) is 1. The molecule has 7 heteroatoms. The van der Waals surface area contributed by atoms with Gasteiger partial charge in [0.15, 0.2) is 0 Å². The minimum atomic E-state index is -0.0548. The molecule has 3 heterocycles. The lowest BCUT2D eigenvalue weighted by molar-refractivity contribution is 0.0708. The van der Waals surface area contributed by atoms with Crippen LogP contribution in [0.5, 0.6) is 5.75 Å². The van der Waals surface area contributed by atoms with Crippen LogP contribution in [0, 0.1) is 0 Å². The summed E-state index contributed by atoms with van der Waals surface area (Å²) in [5, 5.41) is 0.512. The summed E-state index contributed by atoms with van der Waals surface area (Å²) in [4.78, 5) is 23.3. The minimum absolute atomic E-state index is 0.0548. The Bertz CT molecular complexity index is 1190. The number of carbonyl (C=O) groups is 1. The standard InChI is InChI=1S/C24H23ClN4O2/c1-31-22-15-21(28-10-4-5-11-28)18(25)14-17(22)24(30)29-12-8-16(9-13-29)23-26-19-6-2-3-7-20(19)27-23/h2-7,10-11,14-16H,8-9,12-13H2,1H3,(H,26,27). The van der Waals surface area contributed by atoms with Crippen LogP contribution >= 0.6 is 11.6 Å². The topological polar surface area (TPSA) is 63.1 Å². The number of aromatic nitrogens is 3. The first kappa shape index (κ1) is 19.7. The predicted octanol–water partition coefficient (Wildman–Crippen LogP) is 5.04. The van der Waals surface area contributed by atoms with Crippen molar-refractivity contribution < 1.29 is 9.53 Å². The molecule has 0 aliphatic carbocycles. The lowest BCUT2D eigenvalue weighted by Gasteiger charge is -2.31. The van der Waals surface area contributed by atoms with Crippen LogP contribution in [0.25, 0.3) is 16.7 Å². The number of ether oxygens (including phenoxy) is 1. The Morgan fingerprint density at radius 1 is 1.13 bits per heavy atom. The Hall–Kier alpha value is -3.25. The molecule has 1 N–H and O–H groups in total. The zero-order valence-electron chi connectivity index (χ0n) is 17.2. The maximum Gasteiger partial charge on any atom is 0.257 e. The molecule has 5 rings (SSSR count). The highest BCUT2D eigenvalue weighted by Crippen LogP contribution is 2.33. The van der Waals surface area contributed by atoms with Crippen molar-refractivity contribution in [2.75, 3.05) is 20.2 Å². The van der Waals surface area contributed by atoms with Crippen molar-refractivity contribution in [1.29, 1.82) is 0 Å². The van der Waals surface area contributed by atoms with Gasteiger partial charge in [-0.3, -0.25) is 4.79 Å². The molecular formula is C24H23ClN4O2. The molecule has 31 heavy (non-hydrogen) atoms. The zero-order chi connectivity index (χ0) is 21.4. The monoisotopic (exact) mass is 434 g/mol. The van der Waals surface area contributed by atoms with E-state index < -0.39 is 0 Å². The summed E-state index contributed by atoms with van der Waals surface area (Å²) in [7, 11) is 1.58. The maximum absolute atomic E-state index is 13.3. The van der Waals surface area contributed by atoms with Gasteiger partial charge in [-0.15, -0.1) is 0 Å². The van der Waals surface area contributed by atoms with Crippen molar-refractivity contribution in [3.8, 4) is 11.4 Å². The highest BCUT2D eigenvalue weighted by molar-refractivity contribution is 6.33. The molecule has 1 fully saturated rings. The third-order valence-electron chi connectivity index (χ3n) is 5.96. The Kier molecular flexibility index (Phi) is 5.16. The number of fused-ring (bicyclic) bond motifs is 1. The number of carbonyl (C=O) groups excluding carboxylic acids is 1. The molecule has 2 aromatic carbocycles. The van der Waals surface area contributed by atoms with Crippen LogP contribution in [0.2, 0.25) is 5.02 Å². The molecule has 1 saturated heterocycles. The lowest BCUT2D eigenvalue weighted by Crippen LogP contribution is -2.38. The SMILES string of the molecule is COc1cc(-n2cccc2)c(Cl)cc1C(=O)N1CCC(c2nc3ccccc3[nH]2)CC1. The van der Waals surface area contributed by atoms with E-state index >= 15 is 0 Å². The molecule has 2 aromatic heterocycles. The van der Waals surface area contributed by atoms with Gasteiger partial charge in [-0.1, -0.05) is 23.7 Å². The van der Waals surface area contributed by atoms with E-state index in [0.717, 1.165) is 35.4 Å². The molecule has 0 unspecified atom stereocenters. The van der Waals surface area contributed by atoms with Crippen LogP contribution in [-0.2, 0) is 0 Å². The van der Waals surface area contributed by atoms with E-state index in [1.54, 1.807) is 13.2 Å². The molecule has 0 atom stereocenters. The van der Waals surface area contributed by atoms with Crippen LogP contribution in [0.1, 0.15) is 34.9 Å². The third-order valence-corrected chi connectivity index (χ3v) is 6.26. The van der Waals surface area contributed by atoms with Crippen LogP contribution in [0.4, 0.5) is 0 Å². The zero-order valence-corrected chi connectivity index (χ0v) is 18.0. The smallest absolute Gasteiger partial charge is 0.257 e. The van der Waals surface area contributed by atoms with E-state index in [-0.39, 0.29) is 5.91 Å². The lowest BCUT2D eigenvalue weighted by atomic mass is 9.95. The fourth-order valence-corrected chi connectivity index (χ4v) is 4.53. The fraction of sp³-hybridized carbons (Fsp3) is 0.250. The number of amides is 1. The molecule has 0 bridgehead atoms. The number of methoxy groups -OCH3 is 1. The number of benzene rings is 2. The summed E-state index contributed by atoms with van der Waals surface area (Å²) in [5.41, 5.74) is 3.31. The molecule has 4 aromatic rings. The number of aromatic amines is 1. The van der Waals surface area contributed by atoms with Gasteiger partial charge in [-0.2, -0.15) is 0 Å². The molecule has 1 aliphatic rings. The first-order valence-electron chi connectivity index (χ1n) is 10.4. The van der Waals surface area contributed by atoms with Gasteiger partial charge < -0.3 is 19.2 Å². The Labute approximate surface area is 185 Å². The van der Waals surface area contributed by atoms with Crippen molar-refractivity contribution in [2.45, 2.75) is 18.8 Å². The number of rotatable bonds is 4. The second-order valence-corrected chi connectivity index (χ2v) is 8.21. The first-order valence-corrected chi connectivity index (χ1v) is 10.8. The summed E-state index contributed by atoms with van der Waals surface area (Å²) in [5.74, 6) is 1.79. The average molecular weight is 435 g/mol. The Balaban J connectivity index is 1.33. The number of imidazole rings is 1. The van der Waals surface area contributed by atoms with Gasteiger partial charge in [0.25, 0.3) is 5.91 Å². The van der Waals surface area contributed by atoms with Crippen LogP contribution in [0.15, 0.2) is 60.9 Å². The predicted molar refractivity (Wildman–Crippen MR) is 121 cm³/mol. The molecule has 0 radical (unpaired) electrons. The summed E-state index contributed by atoms with van der Waals surface area (Å²) in [6.07, 6.45) is 5.54. The minimum Gasteiger partial charge on any atom is -0.496 e. The molecule has 158 valence electrons. The van der Waals surface area contributed by atoms with Gasteiger partial charge >= 0.3 is 0 Å². The van der Waals surface area contributed by atoms with E-state index in [1.807, 2.05) is 64.3 Å². The number of likely N-dealkylation sites (tertiary alicyclic amines) is 1. The second-order valence-electron chi connectivity index (χ2n) is 7.80. The summed E-state index contributed by atoms with van der Waals surface area (Å²) < 4.78 is 7.44. The largest absolute Gasteiger partial charge is 0.496 e. The van der Waals surface area contributed by atoms with Crippen molar-refractivity contribution in [3.63, 3.8) is 0 Å². The molecular weight excluding hydrogens is 412 g/mol. The molecule has 0 saturated carbocycles. The third kappa shape index (κ3) is 3.68. The molecule has 6 nitrogen and oxygen atoms in total. The van der Waals surface area contributed by atoms with E-state index in [4.69, 9.17) is 21.3 Å². The van der Waals surface area contributed by atoms with Gasteiger partial charge in [0.2, 0.25) is 0 Å². The number of piperidine rings is 1. The van der Waals surface area contributed by atoms with E-state index in [0.29, 0.717) is 35.3 Å². The summed E-state index contributed by atoms with van der Waals surface area (Å²) in [6, 6.07) is 15.4. The highest BCUT2D eigenvalue weighted by atomic mass is 35.5. The van der Waals surface area contributed by atoms with E-state index in [9.17, 15) is 4.79 Å². The van der Waals surface area contributed by atoms with E-state index in [2.05, 4.69) is 4.98 Å². The number of hydrogen-bond acceptors (Lipinski definition) is 3. The van der Waals surface area contributed by atoms with Crippen molar-refractivity contribution >= 4 is 28.5 Å². The normalized spacial score (nSPS) is 14.8. The van der Waals surface area contributed by atoms with Gasteiger partial charge in [0, 0.05) is 37.5 Å². The Morgan fingerprint density at radius 2 is 1.87 bits per heavy atom. The quantitative estimate of drug-likeness (QED) is 0.489. The fourth-order valence-electron chi connectivity index (χ4n) is 4.26. The highest BCUT2D eigenvalue weighted by Gasteiger charge is 2.28. The van der Waals surface area contributed by atoms with Crippen molar-refractivity contribution in [1.82, 2.24) is 19.4 Å². The maximum atomic E-state index is 13.3. The van der Waals surface area contributed by atoms with Crippen LogP contribution in [-0.4, -0.2) is 45.5 Å². The molecule has 0 spiro atoms. The molecule has 1 aliphatic heterocycles. The Morgan fingerprint density at radius 3 is 2.58 bits per heavy atom. The number of H-pyrrole nitrogens is 1.